The summed E-state index contributed by atoms with van der Waals surface area (Å²) in [5.41, 5.74) is 1.40. The van der Waals surface area contributed by atoms with Crippen LogP contribution < -0.4 is 33.8 Å². The number of benzene rings is 2. The van der Waals surface area contributed by atoms with Crippen molar-refractivity contribution in [2.24, 2.45) is 4.99 Å². The summed E-state index contributed by atoms with van der Waals surface area (Å²) in [6, 6.07) is 8.44. The predicted octanol–water partition coefficient (Wildman–Crippen LogP) is 4.61. The van der Waals surface area contributed by atoms with Gasteiger partial charge in [-0.25, -0.2) is 9.79 Å². The van der Waals surface area contributed by atoms with Crippen LogP contribution in [-0.2, 0) is 9.53 Å². The van der Waals surface area contributed by atoms with Gasteiger partial charge in [0, 0.05) is 6.20 Å². The Bertz CT molecular complexity index is 1640. The Kier molecular flexibility index (Phi) is 10.1. The number of rotatable bonds is 11. The Morgan fingerprint density at radius 2 is 1.73 bits per heavy atom. The molecule has 11 heteroatoms. The van der Waals surface area contributed by atoms with Gasteiger partial charge in [-0.1, -0.05) is 17.4 Å². The fraction of sp³-hybridized carbons (Fsp3) is 0.367. The number of fused-ring (bicyclic) bond motifs is 1. The van der Waals surface area contributed by atoms with Crippen molar-refractivity contribution in [2.75, 3.05) is 26.9 Å². The Morgan fingerprint density at radius 1 is 1.05 bits per heavy atom. The molecule has 0 saturated heterocycles. The highest BCUT2D eigenvalue weighted by Gasteiger charge is 2.31. The monoisotopic (exact) mass is 692 g/mol. The second-order valence-corrected chi connectivity index (χ2v) is 11.3. The van der Waals surface area contributed by atoms with Gasteiger partial charge in [0.1, 0.15) is 0 Å². The average Bonchev–Trinajstić information content (AvgIpc) is 3.25. The van der Waals surface area contributed by atoms with Crippen LogP contribution in [0, 0.1) is 3.57 Å². The fourth-order valence-electron chi connectivity index (χ4n) is 4.42. The Hall–Kier alpha value is -3.32. The number of carbonyl (C=O) groups is 1. The largest absolute Gasteiger partial charge is 0.490 e. The maximum absolute atomic E-state index is 13.9. The van der Waals surface area contributed by atoms with Gasteiger partial charge in [-0.2, -0.15) is 0 Å². The first-order valence-electron chi connectivity index (χ1n) is 13.3. The van der Waals surface area contributed by atoms with Gasteiger partial charge in [-0.3, -0.25) is 9.36 Å². The summed E-state index contributed by atoms with van der Waals surface area (Å²) >= 11 is 3.45. The lowest BCUT2D eigenvalue weighted by molar-refractivity contribution is -0.136. The van der Waals surface area contributed by atoms with E-state index in [-0.39, 0.29) is 17.2 Å². The van der Waals surface area contributed by atoms with Crippen LogP contribution in [0.1, 0.15) is 51.8 Å². The molecule has 1 aliphatic rings. The molecule has 0 N–H and O–H groups in total. The molecule has 9 nitrogen and oxygen atoms in total. The van der Waals surface area contributed by atoms with Crippen LogP contribution in [0.3, 0.4) is 0 Å². The number of halogens is 1. The lowest BCUT2D eigenvalue weighted by Gasteiger charge is -2.23. The van der Waals surface area contributed by atoms with Crippen molar-refractivity contribution in [3.05, 3.63) is 76.5 Å². The number of hydrogen-bond donors (Lipinski definition) is 0. The summed E-state index contributed by atoms with van der Waals surface area (Å²) in [4.78, 5) is 31.7. The highest BCUT2D eigenvalue weighted by molar-refractivity contribution is 14.1. The molecule has 1 aromatic heterocycles. The Balaban J connectivity index is 1.88. The summed E-state index contributed by atoms with van der Waals surface area (Å²) in [7, 11) is 1.30. The van der Waals surface area contributed by atoms with Gasteiger partial charge in [0.2, 0.25) is 0 Å². The Morgan fingerprint density at radius 3 is 2.39 bits per heavy atom. The minimum absolute atomic E-state index is 0.0212. The van der Waals surface area contributed by atoms with E-state index < -0.39 is 12.0 Å². The van der Waals surface area contributed by atoms with Crippen LogP contribution >= 0.6 is 33.9 Å². The van der Waals surface area contributed by atoms with Crippen molar-refractivity contribution in [1.82, 2.24) is 4.57 Å². The standard InChI is InChI=1S/C30H33IN2O7S/c1-7-37-22-11-10-19(15-23(22)38-8-2)26-20(29(35)36-6)16-32-30-33(26)28(34)25(41-30)14-18-12-21(31)27(40-17(4)5)24(13-18)39-9-3/h10-17,26H,7-9H2,1-6H3/b25-14+/t26-/m0/s1. The van der Waals surface area contributed by atoms with Gasteiger partial charge in [-0.15, -0.1) is 0 Å². The molecule has 0 aliphatic carbocycles. The van der Waals surface area contributed by atoms with Crippen LogP contribution in [0.2, 0.25) is 0 Å². The number of nitrogens with zero attached hydrogens (tertiary/aromatic N) is 2. The lowest BCUT2D eigenvalue weighted by Crippen LogP contribution is -2.39. The van der Waals surface area contributed by atoms with Gasteiger partial charge < -0.3 is 23.7 Å². The van der Waals surface area contributed by atoms with Crippen molar-refractivity contribution < 1.29 is 28.5 Å². The summed E-state index contributed by atoms with van der Waals surface area (Å²) in [6.07, 6.45) is 3.25. The van der Waals surface area contributed by atoms with Gasteiger partial charge in [0.05, 0.1) is 52.8 Å². The molecule has 41 heavy (non-hydrogen) atoms. The van der Waals surface area contributed by atoms with Crippen LogP contribution in [0.5, 0.6) is 23.0 Å². The zero-order valence-corrected chi connectivity index (χ0v) is 26.8. The normalized spacial score (nSPS) is 14.7. The van der Waals surface area contributed by atoms with E-state index in [0.717, 1.165) is 9.13 Å². The maximum Gasteiger partial charge on any atom is 0.337 e. The van der Waals surface area contributed by atoms with Crippen LogP contribution in [0.25, 0.3) is 6.08 Å². The van der Waals surface area contributed by atoms with Crippen molar-refractivity contribution >= 4 is 46.0 Å². The molecule has 0 unspecified atom stereocenters. The van der Waals surface area contributed by atoms with Gasteiger partial charge >= 0.3 is 5.97 Å². The Labute approximate surface area is 256 Å². The summed E-state index contributed by atoms with van der Waals surface area (Å²) in [5, 5.41) is 0. The van der Waals surface area contributed by atoms with E-state index in [1.54, 1.807) is 18.2 Å². The van der Waals surface area contributed by atoms with Crippen molar-refractivity contribution in [3.63, 3.8) is 0 Å². The predicted molar refractivity (Wildman–Crippen MR) is 166 cm³/mol. The number of carbonyl (C=O) groups excluding carboxylic acids is 1. The molecule has 4 rings (SSSR count). The quantitative estimate of drug-likeness (QED) is 0.214. The zero-order valence-electron chi connectivity index (χ0n) is 23.9. The van der Waals surface area contributed by atoms with E-state index >= 15 is 0 Å². The number of ether oxygens (including phenoxy) is 5. The van der Waals surface area contributed by atoms with Crippen LogP contribution in [-0.4, -0.2) is 43.6 Å². The highest BCUT2D eigenvalue weighted by atomic mass is 127. The van der Waals surface area contributed by atoms with E-state index in [9.17, 15) is 9.59 Å². The molecule has 2 aromatic carbocycles. The summed E-state index contributed by atoms with van der Waals surface area (Å²) < 4.78 is 31.3. The molecule has 2 heterocycles. The highest BCUT2D eigenvalue weighted by Crippen LogP contribution is 2.36. The third-order valence-corrected chi connectivity index (χ3v) is 7.79. The first-order chi connectivity index (χ1) is 19.7. The van der Waals surface area contributed by atoms with Gasteiger partial charge in [0.15, 0.2) is 27.8 Å². The third-order valence-electron chi connectivity index (χ3n) is 5.99. The zero-order chi connectivity index (χ0) is 29.7. The molecule has 1 atom stereocenters. The first kappa shape index (κ1) is 30.6. The molecule has 0 spiro atoms. The molecule has 218 valence electrons. The van der Waals surface area contributed by atoms with Crippen molar-refractivity contribution in [3.8, 4) is 23.0 Å². The van der Waals surface area contributed by atoms with E-state index in [1.807, 2.05) is 52.8 Å². The number of methoxy groups -OCH3 is 1. The van der Waals surface area contributed by atoms with Crippen molar-refractivity contribution in [2.45, 2.75) is 46.8 Å². The second-order valence-electron chi connectivity index (χ2n) is 9.18. The van der Waals surface area contributed by atoms with Gasteiger partial charge in [0.25, 0.3) is 5.56 Å². The minimum atomic E-state index is -0.767. The topological polar surface area (TPSA) is 97.6 Å². The maximum atomic E-state index is 13.9. The lowest BCUT2D eigenvalue weighted by atomic mass is 9.97. The van der Waals surface area contributed by atoms with Gasteiger partial charge in [-0.05, 0) is 98.7 Å². The molecule has 0 bridgehead atoms. The van der Waals surface area contributed by atoms with E-state index in [0.29, 0.717) is 57.7 Å². The number of aromatic nitrogens is 1. The summed E-state index contributed by atoms with van der Waals surface area (Å²) in [6.45, 7) is 11.0. The number of thiazole rings is 1. The first-order valence-corrected chi connectivity index (χ1v) is 15.2. The molecular weight excluding hydrogens is 659 g/mol. The SMILES string of the molecule is CCOc1ccc([C@H]2C(C(=O)OC)=CN=c3s/c(=C/c4cc(I)c(OC(C)C)c(OCC)c4)c(=O)n32)cc1OCC. The van der Waals surface area contributed by atoms with E-state index in [2.05, 4.69) is 27.6 Å². The second kappa shape index (κ2) is 13.6. The third kappa shape index (κ3) is 6.61. The smallest absolute Gasteiger partial charge is 0.337 e. The van der Waals surface area contributed by atoms with Crippen molar-refractivity contribution in [1.29, 1.82) is 0 Å². The van der Waals surface area contributed by atoms with Crippen LogP contribution in [0.15, 0.2) is 51.9 Å². The number of hydrogen-bond acceptors (Lipinski definition) is 9. The van der Waals surface area contributed by atoms with E-state index in [1.165, 1.54) is 29.2 Å². The molecular formula is C30H33IN2O7S. The molecule has 0 saturated carbocycles. The molecule has 0 amide bonds. The molecule has 1 aliphatic heterocycles. The average molecular weight is 693 g/mol. The number of esters is 1. The minimum Gasteiger partial charge on any atom is -0.490 e. The molecule has 0 radical (unpaired) electrons. The molecule has 0 fully saturated rings. The van der Waals surface area contributed by atoms with Crippen LogP contribution in [0.4, 0.5) is 0 Å². The molecule has 3 aromatic rings. The van der Waals surface area contributed by atoms with E-state index in [4.69, 9.17) is 23.7 Å². The fourth-order valence-corrected chi connectivity index (χ4v) is 6.14. The summed E-state index contributed by atoms with van der Waals surface area (Å²) in [5.74, 6) is 1.81.